The second-order valence-corrected chi connectivity index (χ2v) is 6.04. The smallest absolute Gasteiger partial charge is 0.337 e. The van der Waals surface area contributed by atoms with Crippen molar-refractivity contribution in [3.05, 3.63) is 28.8 Å². The Balaban J connectivity index is 2.89. The number of ether oxygens (including phenoxy) is 1. The lowest BCUT2D eigenvalue weighted by molar-refractivity contribution is -0.125. The van der Waals surface area contributed by atoms with Gasteiger partial charge in [-0.3, -0.25) is 9.59 Å². The Morgan fingerprint density at radius 2 is 1.88 bits per heavy atom. The van der Waals surface area contributed by atoms with Crippen LogP contribution in [0.4, 0.5) is 5.69 Å². The molecule has 0 fully saturated rings. The van der Waals surface area contributed by atoms with Gasteiger partial charge in [-0.15, -0.1) is 0 Å². The van der Waals surface area contributed by atoms with E-state index in [4.69, 9.17) is 16.3 Å². The van der Waals surface area contributed by atoms with Crippen LogP contribution in [0.3, 0.4) is 0 Å². The quantitative estimate of drug-likeness (QED) is 0.715. The van der Waals surface area contributed by atoms with Gasteiger partial charge in [-0.1, -0.05) is 25.4 Å². The summed E-state index contributed by atoms with van der Waals surface area (Å²) in [6, 6.07) is 4.59. The van der Waals surface area contributed by atoms with Gasteiger partial charge in [0, 0.05) is 25.9 Å². The predicted octanol–water partition coefficient (Wildman–Crippen LogP) is 3.03. The molecule has 2 amide bonds. The summed E-state index contributed by atoms with van der Waals surface area (Å²) in [5, 5.41) is 3.18. The van der Waals surface area contributed by atoms with E-state index in [-0.39, 0.29) is 24.3 Å². The predicted molar refractivity (Wildman–Crippen MR) is 97.9 cm³/mol. The number of methoxy groups -OCH3 is 1. The van der Waals surface area contributed by atoms with Crippen LogP contribution in [0, 0.1) is 5.92 Å². The molecule has 0 radical (unpaired) electrons. The highest BCUT2D eigenvalue weighted by Gasteiger charge is 2.19. The second-order valence-electron chi connectivity index (χ2n) is 5.63. The number of nitrogens with zero attached hydrogens (tertiary/aromatic N) is 1. The minimum atomic E-state index is -0.511. The Kier molecular flexibility index (Phi) is 8.41. The molecule has 1 aromatic rings. The first-order chi connectivity index (χ1) is 11.8. The number of anilines is 1. The molecule has 0 aliphatic rings. The fraction of sp³-hybridized carbons (Fsp3) is 0.500. The van der Waals surface area contributed by atoms with Crippen LogP contribution in [-0.4, -0.2) is 38.0 Å². The van der Waals surface area contributed by atoms with Crippen LogP contribution in [-0.2, 0) is 14.3 Å². The van der Waals surface area contributed by atoms with Crippen LogP contribution < -0.4 is 10.2 Å². The van der Waals surface area contributed by atoms with Gasteiger partial charge >= 0.3 is 5.97 Å². The Morgan fingerprint density at radius 3 is 2.40 bits per heavy atom. The summed E-state index contributed by atoms with van der Waals surface area (Å²) in [4.78, 5) is 37.2. The molecule has 0 saturated carbocycles. The molecular weight excluding hydrogens is 344 g/mol. The number of hydrogen-bond donors (Lipinski definition) is 1. The van der Waals surface area contributed by atoms with Gasteiger partial charge in [-0.2, -0.15) is 0 Å². The molecule has 0 bridgehead atoms. The lowest BCUT2D eigenvalue weighted by Crippen LogP contribution is -2.39. The summed E-state index contributed by atoms with van der Waals surface area (Å²) in [5.41, 5.74) is 0.711. The van der Waals surface area contributed by atoms with Crippen molar-refractivity contribution >= 4 is 35.1 Å². The summed E-state index contributed by atoms with van der Waals surface area (Å²) in [7, 11) is 1.28. The molecule has 7 heteroatoms. The SMILES string of the molecule is CCC(CC)C(=O)NCCN(C(C)=O)c1cc(C(=O)OC)ccc1Cl. The van der Waals surface area contributed by atoms with E-state index in [1.807, 2.05) is 13.8 Å². The van der Waals surface area contributed by atoms with Crippen molar-refractivity contribution in [2.45, 2.75) is 33.6 Å². The van der Waals surface area contributed by atoms with Crippen LogP contribution >= 0.6 is 11.6 Å². The Labute approximate surface area is 153 Å². The third-order valence-corrected chi connectivity index (χ3v) is 4.35. The maximum Gasteiger partial charge on any atom is 0.337 e. The zero-order valence-corrected chi connectivity index (χ0v) is 15.9. The van der Waals surface area contributed by atoms with Gasteiger partial charge in [0.05, 0.1) is 23.4 Å². The summed E-state index contributed by atoms with van der Waals surface area (Å²) < 4.78 is 4.69. The molecule has 25 heavy (non-hydrogen) atoms. The highest BCUT2D eigenvalue weighted by molar-refractivity contribution is 6.34. The van der Waals surface area contributed by atoms with Crippen molar-refractivity contribution in [1.29, 1.82) is 0 Å². The minimum Gasteiger partial charge on any atom is -0.465 e. The molecule has 0 heterocycles. The number of carbonyl (C=O) groups excluding carboxylic acids is 3. The number of rotatable bonds is 8. The van der Waals surface area contributed by atoms with Crippen molar-refractivity contribution in [2.75, 3.05) is 25.1 Å². The largest absolute Gasteiger partial charge is 0.465 e. The fourth-order valence-electron chi connectivity index (χ4n) is 2.51. The third-order valence-electron chi connectivity index (χ3n) is 4.03. The Bertz CT molecular complexity index is 630. The number of carbonyl (C=O) groups is 3. The highest BCUT2D eigenvalue weighted by Crippen LogP contribution is 2.27. The first-order valence-electron chi connectivity index (χ1n) is 8.29. The minimum absolute atomic E-state index is 0.0251. The van der Waals surface area contributed by atoms with Gasteiger partial charge in [0.2, 0.25) is 11.8 Å². The van der Waals surface area contributed by atoms with E-state index < -0.39 is 5.97 Å². The molecule has 0 spiro atoms. The third kappa shape index (κ3) is 5.74. The van der Waals surface area contributed by atoms with Crippen LogP contribution in [0.15, 0.2) is 18.2 Å². The first-order valence-corrected chi connectivity index (χ1v) is 8.67. The van der Waals surface area contributed by atoms with E-state index in [2.05, 4.69) is 5.32 Å². The fourth-order valence-corrected chi connectivity index (χ4v) is 2.73. The van der Waals surface area contributed by atoms with Gasteiger partial charge in [0.15, 0.2) is 0 Å². The number of benzene rings is 1. The molecule has 0 saturated heterocycles. The number of esters is 1. The van der Waals surface area contributed by atoms with Gasteiger partial charge in [0.25, 0.3) is 0 Å². The summed E-state index contributed by atoms with van der Waals surface area (Å²) in [5.74, 6) is -0.802. The average molecular weight is 369 g/mol. The van der Waals surface area contributed by atoms with Gasteiger partial charge in [0.1, 0.15) is 0 Å². The maximum atomic E-state index is 12.0. The van der Waals surface area contributed by atoms with Gasteiger partial charge < -0.3 is 15.0 Å². The average Bonchev–Trinajstić information content (AvgIpc) is 2.59. The van der Waals surface area contributed by atoms with E-state index in [0.29, 0.717) is 22.8 Å². The topological polar surface area (TPSA) is 75.7 Å². The zero-order chi connectivity index (χ0) is 19.0. The summed E-state index contributed by atoms with van der Waals surface area (Å²) >= 11 is 6.19. The Morgan fingerprint density at radius 1 is 1.24 bits per heavy atom. The van der Waals surface area contributed by atoms with E-state index in [0.717, 1.165) is 12.8 Å². The van der Waals surface area contributed by atoms with Crippen LogP contribution in [0.5, 0.6) is 0 Å². The van der Waals surface area contributed by atoms with E-state index in [9.17, 15) is 14.4 Å². The molecule has 0 aliphatic carbocycles. The number of hydrogen-bond acceptors (Lipinski definition) is 4. The van der Waals surface area contributed by atoms with Crippen LogP contribution in [0.1, 0.15) is 44.0 Å². The molecule has 0 aliphatic heterocycles. The summed E-state index contributed by atoms with van der Waals surface area (Å²) in [6.45, 7) is 5.89. The molecule has 1 aromatic carbocycles. The molecule has 1 N–H and O–H groups in total. The van der Waals surface area contributed by atoms with Crippen molar-refractivity contribution in [3.63, 3.8) is 0 Å². The van der Waals surface area contributed by atoms with Crippen molar-refractivity contribution < 1.29 is 19.1 Å². The molecule has 0 aromatic heterocycles. The lowest BCUT2D eigenvalue weighted by atomic mass is 10.0. The molecule has 138 valence electrons. The van der Waals surface area contributed by atoms with E-state index in [1.165, 1.54) is 31.1 Å². The number of nitrogens with one attached hydrogen (secondary N) is 1. The first kappa shape index (κ1) is 21.0. The normalized spacial score (nSPS) is 10.5. The van der Waals surface area contributed by atoms with E-state index >= 15 is 0 Å². The monoisotopic (exact) mass is 368 g/mol. The number of amides is 2. The molecule has 0 atom stereocenters. The Hall–Kier alpha value is -2.08. The van der Waals surface area contributed by atoms with Crippen LogP contribution in [0.25, 0.3) is 0 Å². The van der Waals surface area contributed by atoms with Crippen LogP contribution in [0.2, 0.25) is 5.02 Å². The van der Waals surface area contributed by atoms with E-state index in [1.54, 1.807) is 6.07 Å². The lowest BCUT2D eigenvalue weighted by Gasteiger charge is -2.23. The van der Waals surface area contributed by atoms with Crippen molar-refractivity contribution in [3.8, 4) is 0 Å². The maximum absolute atomic E-state index is 12.0. The molecular formula is C18H25ClN2O4. The molecule has 1 rings (SSSR count). The summed E-state index contributed by atoms with van der Waals surface area (Å²) in [6.07, 6.45) is 1.54. The molecule has 6 nitrogen and oxygen atoms in total. The highest BCUT2D eigenvalue weighted by atomic mass is 35.5. The standard InChI is InChI=1S/C18H25ClN2O4/c1-5-13(6-2)17(23)20-9-10-21(12(3)22)16-11-14(18(24)25-4)7-8-15(16)19/h7-8,11,13H,5-6,9-10H2,1-4H3,(H,20,23). The van der Waals surface area contributed by atoms with Crippen molar-refractivity contribution in [1.82, 2.24) is 5.32 Å². The molecule has 0 unspecified atom stereocenters. The number of halogens is 1. The van der Waals surface area contributed by atoms with Gasteiger partial charge in [-0.05, 0) is 31.0 Å². The van der Waals surface area contributed by atoms with Crippen molar-refractivity contribution in [2.24, 2.45) is 5.92 Å². The second kappa shape index (κ2) is 10.0. The zero-order valence-electron chi connectivity index (χ0n) is 15.1. The van der Waals surface area contributed by atoms with Gasteiger partial charge in [-0.25, -0.2) is 4.79 Å².